The third-order valence-corrected chi connectivity index (χ3v) is 9.92. The normalized spacial score (nSPS) is 15.4. The third kappa shape index (κ3) is 5.54. The second-order valence-corrected chi connectivity index (χ2v) is 12.4. The maximum Gasteiger partial charge on any atom is 0.264 e. The van der Waals surface area contributed by atoms with E-state index in [0.717, 1.165) is 42.0 Å². The van der Waals surface area contributed by atoms with E-state index in [4.69, 9.17) is 0 Å². The molecule has 2 amide bonds. The number of para-hydroxylation sites is 1. The fourth-order valence-electron chi connectivity index (χ4n) is 5.64. The lowest BCUT2D eigenvalue weighted by molar-refractivity contribution is -0.120. The van der Waals surface area contributed by atoms with Gasteiger partial charge in [-0.05, 0) is 80.4 Å². The Bertz CT molecular complexity index is 1640. The number of rotatable bonds is 10. The van der Waals surface area contributed by atoms with Crippen molar-refractivity contribution in [1.29, 1.82) is 0 Å². The molecule has 0 bridgehead atoms. The van der Waals surface area contributed by atoms with Gasteiger partial charge in [0.25, 0.3) is 15.9 Å². The Morgan fingerprint density at radius 2 is 1.88 bits per heavy atom. The summed E-state index contributed by atoms with van der Waals surface area (Å²) in [6.45, 7) is 11.7. The van der Waals surface area contributed by atoms with Gasteiger partial charge in [0.2, 0.25) is 5.91 Å². The minimum absolute atomic E-state index is 0.0520. The molecular formula is C31H37N5O4S. The van der Waals surface area contributed by atoms with Gasteiger partial charge in [0.15, 0.2) is 0 Å². The summed E-state index contributed by atoms with van der Waals surface area (Å²) in [5, 5.41) is 5.85. The molecule has 0 spiro atoms. The van der Waals surface area contributed by atoms with Gasteiger partial charge in [-0.25, -0.2) is 8.42 Å². The van der Waals surface area contributed by atoms with E-state index in [1.807, 2.05) is 38.1 Å². The fraction of sp³-hybridized carbons (Fsp3) is 0.355. The van der Waals surface area contributed by atoms with Crippen molar-refractivity contribution in [3.05, 3.63) is 76.1 Å². The van der Waals surface area contributed by atoms with E-state index in [9.17, 15) is 18.0 Å². The van der Waals surface area contributed by atoms with E-state index >= 15 is 0 Å². The number of amides is 2. The van der Waals surface area contributed by atoms with E-state index in [0.29, 0.717) is 47.7 Å². The number of sulfonamides is 1. The molecule has 5 rings (SSSR count). The number of likely N-dealkylation sites (N-methyl/N-ethyl adjacent to an activating group) is 1. The van der Waals surface area contributed by atoms with Crippen molar-refractivity contribution in [2.75, 3.05) is 42.3 Å². The van der Waals surface area contributed by atoms with Crippen molar-refractivity contribution in [1.82, 2.24) is 15.2 Å². The van der Waals surface area contributed by atoms with Crippen LogP contribution >= 0.6 is 0 Å². The molecule has 0 atom stereocenters. The number of aromatic nitrogens is 1. The molecular weight excluding hydrogens is 538 g/mol. The number of hydrogen-bond acceptors (Lipinski definition) is 5. The van der Waals surface area contributed by atoms with Crippen molar-refractivity contribution in [2.24, 2.45) is 0 Å². The first-order valence-electron chi connectivity index (χ1n) is 14.1. The van der Waals surface area contributed by atoms with Gasteiger partial charge in [0, 0.05) is 42.3 Å². The maximum absolute atomic E-state index is 13.6. The number of nitrogens with zero attached hydrogens (tertiary/aromatic N) is 2. The van der Waals surface area contributed by atoms with Crippen molar-refractivity contribution >= 4 is 44.9 Å². The van der Waals surface area contributed by atoms with Crippen LogP contribution in [0, 0.1) is 13.8 Å². The minimum Gasteiger partial charge on any atom is -0.359 e. The average Bonchev–Trinajstić information content (AvgIpc) is 3.61. The predicted octanol–water partition coefficient (Wildman–Crippen LogP) is 3.88. The van der Waals surface area contributed by atoms with Crippen molar-refractivity contribution in [2.45, 2.75) is 45.4 Å². The van der Waals surface area contributed by atoms with Crippen molar-refractivity contribution in [3.8, 4) is 0 Å². The fourth-order valence-corrected chi connectivity index (χ4v) is 7.17. The Labute approximate surface area is 241 Å². The summed E-state index contributed by atoms with van der Waals surface area (Å²) in [7, 11) is -3.82. The molecule has 3 aromatic rings. The number of aryl methyl sites for hydroxylation is 1. The number of hydrogen-bond donors (Lipinski definition) is 3. The summed E-state index contributed by atoms with van der Waals surface area (Å²) in [6.07, 6.45) is 2.64. The molecule has 2 aromatic carbocycles. The van der Waals surface area contributed by atoms with E-state index in [-0.39, 0.29) is 23.1 Å². The number of benzene rings is 2. The smallest absolute Gasteiger partial charge is 0.264 e. The first-order valence-corrected chi connectivity index (χ1v) is 15.5. The highest BCUT2D eigenvalue weighted by Crippen LogP contribution is 2.38. The molecule has 3 heterocycles. The number of aromatic amines is 1. The van der Waals surface area contributed by atoms with Crippen LogP contribution in [0.4, 0.5) is 11.4 Å². The first-order chi connectivity index (χ1) is 19.6. The molecule has 216 valence electrons. The Morgan fingerprint density at radius 3 is 2.63 bits per heavy atom. The highest BCUT2D eigenvalue weighted by Gasteiger charge is 2.33. The number of nitrogens with one attached hydrogen (secondary N) is 3. The van der Waals surface area contributed by atoms with Gasteiger partial charge in [0.1, 0.15) is 0 Å². The zero-order chi connectivity index (χ0) is 29.3. The molecule has 0 radical (unpaired) electrons. The Balaban J connectivity index is 1.39. The Kier molecular flexibility index (Phi) is 8.06. The zero-order valence-electron chi connectivity index (χ0n) is 24.0. The van der Waals surface area contributed by atoms with Gasteiger partial charge in [-0.2, -0.15) is 0 Å². The SMILES string of the molecule is CCN(CC)CCNC(=O)Cc1c(C)[nH]c(C=C2C(=O)Nc3ccc(S(=O)(=O)N4CCc5ccccc54)cc32)c1C. The highest BCUT2D eigenvalue weighted by molar-refractivity contribution is 7.92. The van der Waals surface area contributed by atoms with E-state index in [1.165, 1.54) is 4.31 Å². The number of carbonyl (C=O) groups is 2. The van der Waals surface area contributed by atoms with Gasteiger partial charge >= 0.3 is 0 Å². The van der Waals surface area contributed by atoms with Crippen LogP contribution in [0.2, 0.25) is 0 Å². The molecule has 0 fully saturated rings. The van der Waals surface area contributed by atoms with Crippen LogP contribution in [-0.4, -0.2) is 62.8 Å². The van der Waals surface area contributed by atoms with Gasteiger partial charge in [-0.15, -0.1) is 0 Å². The molecule has 2 aliphatic heterocycles. The Hall–Kier alpha value is -3.89. The van der Waals surface area contributed by atoms with Crippen LogP contribution in [0.1, 0.15) is 47.5 Å². The second-order valence-electron chi connectivity index (χ2n) is 10.5. The van der Waals surface area contributed by atoms with Crippen LogP contribution in [0.15, 0.2) is 47.4 Å². The zero-order valence-corrected chi connectivity index (χ0v) is 24.8. The van der Waals surface area contributed by atoms with Gasteiger partial charge in [-0.3, -0.25) is 13.9 Å². The van der Waals surface area contributed by atoms with Crippen LogP contribution in [-0.2, 0) is 32.5 Å². The molecule has 10 heteroatoms. The number of fused-ring (bicyclic) bond motifs is 2. The van der Waals surface area contributed by atoms with Crippen LogP contribution in [0.3, 0.4) is 0 Å². The van der Waals surface area contributed by atoms with E-state index < -0.39 is 10.0 Å². The van der Waals surface area contributed by atoms with E-state index in [2.05, 4.69) is 34.4 Å². The van der Waals surface area contributed by atoms with Crippen LogP contribution in [0.5, 0.6) is 0 Å². The predicted molar refractivity (Wildman–Crippen MR) is 162 cm³/mol. The summed E-state index contributed by atoms with van der Waals surface area (Å²) < 4.78 is 28.7. The molecule has 1 aromatic heterocycles. The molecule has 0 aliphatic carbocycles. The van der Waals surface area contributed by atoms with Gasteiger partial charge in [0.05, 0.1) is 22.6 Å². The van der Waals surface area contributed by atoms with Gasteiger partial charge in [-0.1, -0.05) is 32.0 Å². The average molecular weight is 576 g/mol. The summed E-state index contributed by atoms with van der Waals surface area (Å²) in [5.74, 6) is -0.354. The van der Waals surface area contributed by atoms with Crippen molar-refractivity contribution < 1.29 is 18.0 Å². The van der Waals surface area contributed by atoms with Gasteiger partial charge < -0.3 is 20.5 Å². The first kappa shape index (κ1) is 28.6. The number of carbonyl (C=O) groups excluding carboxylic acids is 2. The molecule has 41 heavy (non-hydrogen) atoms. The van der Waals surface area contributed by atoms with Crippen LogP contribution in [0.25, 0.3) is 11.6 Å². The molecule has 3 N–H and O–H groups in total. The molecule has 9 nitrogen and oxygen atoms in total. The number of anilines is 2. The summed E-state index contributed by atoms with van der Waals surface area (Å²) in [6, 6.07) is 12.3. The lowest BCUT2D eigenvalue weighted by Crippen LogP contribution is -2.35. The third-order valence-electron chi connectivity index (χ3n) is 8.11. The molecule has 0 saturated carbocycles. The largest absolute Gasteiger partial charge is 0.359 e. The molecule has 2 aliphatic rings. The Morgan fingerprint density at radius 1 is 1.12 bits per heavy atom. The minimum atomic E-state index is -3.82. The van der Waals surface area contributed by atoms with Crippen LogP contribution < -0.4 is 14.9 Å². The lowest BCUT2D eigenvalue weighted by Gasteiger charge is -2.20. The number of H-pyrrole nitrogens is 1. The summed E-state index contributed by atoms with van der Waals surface area (Å²) in [5.41, 5.74) is 6.51. The van der Waals surface area contributed by atoms with Crippen molar-refractivity contribution in [3.63, 3.8) is 0 Å². The maximum atomic E-state index is 13.6. The highest BCUT2D eigenvalue weighted by atomic mass is 32.2. The summed E-state index contributed by atoms with van der Waals surface area (Å²) in [4.78, 5) is 31.4. The summed E-state index contributed by atoms with van der Waals surface area (Å²) >= 11 is 0. The standard InChI is InChI=1S/C31H37N5O4S/c1-5-35(6-2)16-14-32-30(37)19-24-20(3)28(33-21(24)4)18-26-25-17-23(11-12-27(25)34-31(26)38)41(39,40)36-15-13-22-9-7-8-10-29(22)36/h7-12,17-18,33H,5-6,13-16,19H2,1-4H3,(H,32,37)(H,34,38). The second kappa shape index (κ2) is 11.5. The monoisotopic (exact) mass is 575 g/mol. The molecule has 0 saturated heterocycles. The quantitative estimate of drug-likeness (QED) is 0.318. The topological polar surface area (TPSA) is 115 Å². The molecule has 0 unspecified atom stereocenters. The van der Waals surface area contributed by atoms with E-state index in [1.54, 1.807) is 24.3 Å². The lowest BCUT2D eigenvalue weighted by atomic mass is 10.0.